The summed E-state index contributed by atoms with van der Waals surface area (Å²) in [4.78, 5) is 19.7. The molecule has 0 aliphatic rings. The Morgan fingerprint density at radius 3 is 2.67 bits per heavy atom. The van der Waals surface area contributed by atoms with Crippen molar-refractivity contribution in [3.8, 4) is 0 Å². The van der Waals surface area contributed by atoms with Gasteiger partial charge in [-0.25, -0.2) is 9.78 Å². The molecular weight excluding hydrogens is 254 g/mol. The summed E-state index contributed by atoms with van der Waals surface area (Å²) >= 11 is 5.77. The van der Waals surface area contributed by atoms with E-state index in [1.54, 1.807) is 6.20 Å². The van der Waals surface area contributed by atoms with E-state index in [0.29, 0.717) is 17.3 Å². The molecule has 1 unspecified atom stereocenters. The van der Waals surface area contributed by atoms with E-state index in [9.17, 15) is 4.79 Å². The van der Waals surface area contributed by atoms with Crippen molar-refractivity contribution in [2.45, 2.75) is 45.8 Å². The van der Waals surface area contributed by atoms with Crippen molar-refractivity contribution in [3.63, 3.8) is 0 Å². The molecule has 1 amide bonds. The van der Waals surface area contributed by atoms with Gasteiger partial charge in [0.05, 0.1) is 24.1 Å². The molecule has 5 nitrogen and oxygen atoms in total. The number of carbonyl (C=O) groups is 1. The van der Waals surface area contributed by atoms with Gasteiger partial charge in [-0.2, -0.15) is 0 Å². The molecule has 0 aliphatic carbocycles. The summed E-state index contributed by atoms with van der Waals surface area (Å²) in [5.74, 6) is 0. The van der Waals surface area contributed by atoms with Crippen molar-refractivity contribution >= 4 is 17.7 Å². The molecule has 0 radical (unpaired) electrons. The van der Waals surface area contributed by atoms with Crippen LogP contribution in [-0.2, 0) is 4.74 Å². The largest absolute Gasteiger partial charge is 0.444 e. The maximum Gasteiger partial charge on any atom is 0.408 e. The first-order valence-corrected chi connectivity index (χ1v) is 6.16. The van der Waals surface area contributed by atoms with E-state index in [0.717, 1.165) is 0 Å². The van der Waals surface area contributed by atoms with Gasteiger partial charge in [0.15, 0.2) is 0 Å². The molecule has 0 saturated heterocycles. The number of aromatic nitrogens is 2. The second kappa shape index (κ2) is 6.00. The molecule has 0 aromatic carbocycles. The minimum Gasteiger partial charge on any atom is -0.444 e. The van der Waals surface area contributed by atoms with Gasteiger partial charge < -0.3 is 10.1 Å². The third kappa shape index (κ3) is 4.87. The van der Waals surface area contributed by atoms with Crippen LogP contribution in [0.5, 0.6) is 0 Å². The Hall–Kier alpha value is -1.36. The quantitative estimate of drug-likeness (QED) is 0.917. The first kappa shape index (κ1) is 14.7. The van der Waals surface area contributed by atoms with E-state index in [1.165, 1.54) is 6.20 Å². The van der Waals surface area contributed by atoms with Gasteiger partial charge in [-0.1, -0.05) is 18.5 Å². The predicted octanol–water partition coefficient (Wildman–Crippen LogP) is 3.11. The molecule has 1 N–H and O–H groups in total. The minimum absolute atomic E-state index is 0.258. The molecule has 0 spiro atoms. The number of nitrogens with zero attached hydrogens (tertiary/aromatic N) is 2. The van der Waals surface area contributed by atoms with Gasteiger partial charge in [-0.3, -0.25) is 4.98 Å². The molecule has 1 rings (SSSR count). The fourth-order valence-electron chi connectivity index (χ4n) is 1.36. The second-order valence-electron chi connectivity index (χ2n) is 4.87. The number of nitrogens with one attached hydrogen (secondary N) is 1. The zero-order chi connectivity index (χ0) is 13.8. The van der Waals surface area contributed by atoms with Crippen molar-refractivity contribution in [2.75, 3.05) is 0 Å². The summed E-state index contributed by atoms with van der Waals surface area (Å²) in [5.41, 5.74) is 0.0958. The van der Waals surface area contributed by atoms with E-state index in [2.05, 4.69) is 15.3 Å². The van der Waals surface area contributed by atoms with E-state index >= 15 is 0 Å². The normalized spacial score (nSPS) is 12.9. The number of halogens is 1. The molecular formula is C12H18ClN3O2. The molecule has 1 atom stereocenters. The van der Waals surface area contributed by atoms with E-state index in [4.69, 9.17) is 16.3 Å². The van der Waals surface area contributed by atoms with Gasteiger partial charge in [0.25, 0.3) is 0 Å². The maximum atomic E-state index is 11.7. The smallest absolute Gasteiger partial charge is 0.408 e. The summed E-state index contributed by atoms with van der Waals surface area (Å²) < 4.78 is 5.19. The molecule has 6 heteroatoms. The Bertz CT molecular complexity index is 418. The Labute approximate surface area is 112 Å². The van der Waals surface area contributed by atoms with Crippen LogP contribution in [0, 0.1) is 0 Å². The summed E-state index contributed by atoms with van der Waals surface area (Å²) in [7, 11) is 0. The second-order valence-corrected chi connectivity index (χ2v) is 5.26. The lowest BCUT2D eigenvalue weighted by atomic mass is 10.1. The third-order valence-corrected chi connectivity index (χ3v) is 2.26. The van der Waals surface area contributed by atoms with Gasteiger partial charge in [-0.05, 0) is 27.2 Å². The average Bonchev–Trinajstić information content (AvgIpc) is 2.23. The minimum atomic E-state index is -0.525. The summed E-state index contributed by atoms with van der Waals surface area (Å²) in [6.07, 6.45) is 3.23. The highest BCUT2D eigenvalue weighted by atomic mass is 35.5. The van der Waals surface area contributed by atoms with Crippen LogP contribution in [0.2, 0.25) is 5.15 Å². The van der Waals surface area contributed by atoms with Gasteiger partial charge in [0, 0.05) is 0 Å². The van der Waals surface area contributed by atoms with E-state index < -0.39 is 11.7 Å². The van der Waals surface area contributed by atoms with Gasteiger partial charge in [0.1, 0.15) is 10.8 Å². The van der Waals surface area contributed by atoms with Gasteiger partial charge in [0.2, 0.25) is 0 Å². The van der Waals surface area contributed by atoms with E-state index in [-0.39, 0.29) is 6.04 Å². The summed E-state index contributed by atoms with van der Waals surface area (Å²) in [6, 6.07) is -0.258. The van der Waals surface area contributed by atoms with Crippen molar-refractivity contribution in [1.29, 1.82) is 0 Å². The van der Waals surface area contributed by atoms with Crippen LogP contribution >= 0.6 is 11.6 Å². The number of ether oxygens (including phenoxy) is 1. The Morgan fingerprint density at radius 2 is 2.17 bits per heavy atom. The lowest BCUT2D eigenvalue weighted by Gasteiger charge is -2.22. The van der Waals surface area contributed by atoms with Crippen LogP contribution in [-0.4, -0.2) is 21.7 Å². The van der Waals surface area contributed by atoms with Crippen LogP contribution in [0.1, 0.15) is 45.9 Å². The fourth-order valence-corrected chi connectivity index (χ4v) is 1.51. The molecule has 0 bridgehead atoms. The number of rotatable bonds is 3. The zero-order valence-corrected chi connectivity index (χ0v) is 11.8. The highest BCUT2D eigenvalue weighted by Crippen LogP contribution is 2.16. The molecule has 0 saturated carbocycles. The Kier molecular flexibility index (Phi) is 4.90. The fraction of sp³-hybridized carbons (Fsp3) is 0.583. The van der Waals surface area contributed by atoms with Crippen LogP contribution in [0.3, 0.4) is 0 Å². The number of hydrogen-bond donors (Lipinski definition) is 1. The average molecular weight is 272 g/mol. The highest BCUT2D eigenvalue weighted by molar-refractivity contribution is 6.29. The monoisotopic (exact) mass is 271 g/mol. The molecule has 1 aromatic heterocycles. The molecule has 100 valence electrons. The number of hydrogen-bond acceptors (Lipinski definition) is 4. The van der Waals surface area contributed by atoms with Crippen molar-refractivity contribution in [2.24, 2.45) is 0 Å². The topological polar surface area (TPSA) is 64.1 Å². The first-order chi connectivity index (χ1) is 8.31. The van der Waals surface area contributed by atoms with Gasteiger partial charge in [-0.15, -0.1) is 0 Å². The maximum absolute atomic E-state index is 11.7. The van der Waals surface area contributed by atoms with Crippen molar-refractivity contribution in [3.05, 3.63) is 23.2 Å². The molecule has 1 heterocycles. The van der Waals surface area contributed by atoms with E-state index in [1.807, 2.05) is 27.7 Å². The zero-order valence-electron chi connectivity index (χ0n) is 11.0. The van der Waals surface area contributed by atoms with Crippen molar-refractivity contribution < 1.29 is 9.53 Å². The Morgan fingerprint density at radius 1 is 1.50 bits per heavy atom. The number of amides is 1. The predicted molar refractivity (Wildman–Crippen MR) is 69.4 cm³/mol. The Balaban J connectivity index is 2.71. The van der Waals surface area contributed by atoms with Crippen LogP contribution < -0.4 is 5.32 Å². The standard InChI is InChI=1S/C12H18ClN3O2/c1-5-8(9-6-14-7-10(13)15-9)16-11(17)18-12(2,3)4/h6-8H,5H2,1-4H3,(H,16,17). The molecule has 1 aromatic rings. The van der Waals surface area contributed by atoms with Crippen LogP contribution in [0.25, 0.3) is 0 Å². The molecule has 0 aliphatic heterocycles. The number of carbonyl (C=O) groups excluding carboxylic acids is 1. The number of alkyl carbamates (subject to hydrolysis) is 1. The lowest BCUT2D eigenvalue weighted by molar-refractivity contribution is 0.0501. The summed E-state index contributed by atoms with van der Waals surface area (Å²) in [6.45, 7) is 7.37. The SMILES string of the molecule is CCC(NC(=O)OC(C)(C)C)c1cncc(Cl)n1. The van der Waals surface area contributed by atoms with Crippen LogP contribution in [0.15, 0.2) is 12.4 Å². The first-order valence-electron chi connectivity index (χ1n) is 5.79. The van der Waals surface area contributed by atoms with Crippen molar-refractivity contribution in [1.82, 2.24) is 15.3 Å². The molecule has 0 fully saturated rings. The molecule has 18 heavy (non-hydrogen) atoms. The van der Waals surface area contributed by atoms with Gasteiger partial charge >= 0.3 is 6.09 Å². The third-order valence-electron chi connectivity index (χ3n) is 2.08. The highest BCUT2D eigenvalue weighted by Gasteiger charge is 2.20. The summed E-state index contributed by atoms with van der Waals surface area (Å²) in [5, 5.41) is 3.05. The van der Waals surface area contributed by atoms with Crippen LogP contribution in [0.4, 0.5) is 4.79 Å². The lowest BCUT2D eigenvalue weighted by Crippen LogP contribution is -2.35.